The monoisotopic (exact) mass is 291 g/mol. The lowest BCUT2D eigenvalue weighted by atomic mass is 9.93. The van der Waals surface area contributed by atoms with Crippen LogP contribution in [-0.4, -0.2) is 11.1 Å². The first kappa shape index (κ1) is 12.5. The lowest BCUT2D eigenvalue weighted by Gasteiger charge is -2.19. The Morgan fingerprint density at radius 3 is 2.80 bits per heavy atom. The predicted molar refractivity (Wildman–Crippen MR) is 63.2 cm³/mol. The van der Waals surface area contributed by atoms with Crippen LogP contribution < -0.4 is 5.73 Å². The number of carboxylic acid groups (broad SMARTS) is 1. The summed E-state index contributed by atoms with van der Waals surface area (Å²) in [5, 5.41) is 9.05. The number of fused-ring (bicyclic) bond motifs is 1. The van der Waals surface area contributed by atoms with Crippen LogP contribution in [0.2, 0.25) is 0 Å². The molecule has 1 aliphatic carbocycles. The lowest BCUT2D eigenvalue weighted by molar-refractivity contribution is -0.143. The standard InChI is InChI=1S/C10H10BrNO2.ClH/c11-7-1-2-8-6(5-7)3-4-10(8,12)9(13)14;/h1-2,5H,3-4,12H2,(H,13,14);1H/t10-;/m0./s1. The minimum atomic E-state index is -1.18. The number of nitrogens with two attached hydrogens (primary N) is 1. The molecular formula is C10H11BrClNO2. The molecule has 0 aromatic heterocycles. The summed E-state index contributed by atoms with van der Waals surface area (Å²) >= 11 is 3.35. The SMILES string of the molecule is Cl.N[C@@]1(C(=O)O)CCc2cc(Br)ccc21. The van der Waals surface area contributed by atoms with Crippen molar-refractivity contribution in [3.8, 4) is 0 Å². The Labute approximate surface area is 102 Å². The summed E-state index contributed by atoms with van der Waals surface area (Å²) in [5.41, 5.74) is 6.44. The number of hydrogen-bond donors (Lipinski definition) is 2. The van der Waals surface area contributed by atoms with Gasteiger partial charge in [-0.1, -0.05) is 22.0 Å². The summed E-state index contributed by atoms with van der Waals surface area (Å²) < 4.78 is 0.964. The number of carbonyl (C=O) groups is 1. The van der Waals surface area contributed by atoms with Crippen LogP contribution in [0.15, 0.2) is 22.7 Å². The minimum Gasteiger partial charge on any atom is -0.480 e. The molecule has 3 N–H and O–H groups in total. The van der Waals surface area contributed by atoms with Crippen LogP contribution in [0.25, 0.3) is 0 Å². The molecule has 0 bridgehead atoms. The molecule has 5 heteroatoms. The van der Waals surface area contributed by atoms with E-state index in [0.717, 1.165) is 22.0 Å². The molecule has 15 heavy (non-hydrogen) atoms. The largest absolute Gasteiger partial charge is 0.480 e. The zero-order chi connectivity index (χ0) is 10.3. The number of aryl methyl sites for hydroxylation is 1. The van der Waals surface area contributed by atoms with Gasteiger partial charge in [-0.3, -0.25) is 0 Å². The topological polar surface area (TPSA) is 63.3 Å². The van der Waals surface area contributed by atoms with E-state index >= 15 is 0 Å². The van der Waals surface area contributed by atoms with Crippen molar-refractivity contribution in [1.29, 1.82) is 0 Å². The fourth-order valence-corrected chi connectivity index (χ4v) is 2.30. The van der Waals surface area contributed by atoms with Crippen molar-refractivity contribution in [2.24, 2.45) is 5.73 Å². The van der Waals surface area contributed by atoms with E-state index in [1.165, 1.54) is 0 Å². The molecule has 0 unspecified atom stereocenters. The molecule has 0 amide bonds. The number of carboxylic acids is 1. The van der Waals surface area contributed by atoms with Crippen molar-refractivity contribution in [1.82, 2.24) is 0 Å². The van der Waals surface area contributed by atoms with E-state index in [1.807, 2.05) is 12.1 Å². The Balaban J connectivity index is 0.00000112. The molecule has 0 radical (unpaired) electrons. The molecule has 0 fully saturated rings. The van der Waals surface area contributed by atoms with Crippen molar-refractivity contribution in [2.75, 3.05) is 0 Å². The van der Waals surface area contributed by atoms with Crippen LogP contribution in [0.1, 0.15) is 17.5 Å². The lowest BCUT2D eigenvalue weighted by Crippen LogP contribution is -2.42. The first-order valence-corrected chi connectivity index (χ1v) is 5.14. The number of benzene rings is 1. The van der Waals surface area contributed by atoms with Crippen molar-refractivity contribution in [2.45, 2.75) is 18.4 Å². The normalized spacial score (nSPS) is 23.1. The van der Waals surface area contributed by atoms with Crippen molar-refractivity contribution < 1.29 is 9.90 Å². The molecule has 82 valence electrons. The van der Waals surface area contributed by atoms with Crippen molar-refractivity contribution in [3.63, 3.8) is 0 Å². The third kappa shape index (κ3) is 1.89. The van der Waals surface area contributed by atoms with Gasteiger partial charge in [0, 0.05) is 4.47 Å². The van der Waals surface area contributed by atoms with Gasteiger partial charge in [0.15, 0.2) is 0 Å². The molecule has 3 nitrogen and oxygen atoms in total. The van der Waals surface area contributed by atoms with Gasteiger partial charge in [-0.15, -0.1) is 12.4 Å². The molecule has 0 aliphatic heterocycles. The van der Waals surface area contributed by atoms with Gasteiger partial charge in [-0.05, 0) is 36.1 Å². The van der Waals surface area contributed by atoms with Crippen LogP contribution in [0.3, 0.4) is 0 Å². The Kier molecular flexibility index (Phi) is 3.43. The van der Waals surface area contributed by atoms with E-state index < -0.39 is 11.5 Å². The predicted octanol–water partition coefficient (Wildman–Crippen LogP) is 2.06. The average Bonchev–Trinajstić information content (AvgIpc) is 2.45. The third-order valence-electron chi connectivity index (χ3n) is 2.72. The first-order chi connectivity index (χ1) is 6.54. The third-order valence-corrected chi connectivity index (χ3v) is 3.21. The molecular weight excluding hydrogens is 281 g/mol. The van der Waals surface area contributed by atoms with Gasteiger partial charge in [0.2, 0.25) is 0 Å². The minimum absolute atomic E-state index is 0. The van der Waals surface area contributed by atoms with Gasteiger partial charge in [0.1, 0.15) is 5.54 Å². The molecule has 1 aromatic carbocycles. The molecule has 2 rings (SSSR count). The number of rotatable bonds is 1. The van der Waals surface area contributed by atoms with Gasteiger partial charge in [0.25, 0.3) is 0 Å². The maximum absolute atomic E-state index is 11.0. The maximum atomic E-state index is 11.0. The van der Waals surface area contributed by atoms with E-state index in [0.29, 0.717) is 6.42 Å². The zero-order valence-corrected chi connectivity index (χ0v) is 10.3. The number of aliphatic carboxylic acids is 1. The van der Waals surface area contributed by atoms with Crippen LogP contribution in [0.5, 0.6) is 0 Å². The number of hydrogen-bond acceptors (Lipinski definition) is 2. The molecule has 0 saturated carbocycles. The van der Waals surface area contributed by atoms with Crippen LogP contribution in [0, 0.1) is 0 Å². The van der Waals surface area contributed by atoms with Gasteiger partial charge in [-0.25, -0.2) is 4.79 Å². The Morgan fingerprint density at radius 1 is 1.53 bits per heavy atom. The van der Waals surface area contributed by atoms with Crippen molar-refractivity contribution in [3.05, 3.63) is 33.8 Å². The smallest absolute Gasteiger partial charge is 0.328 e. The molecule has 0 saturated heterocycles. The second-order valence-corrected chi connectivity index (χ2v) is 4.49. The van der Waals surface area contributed by atoms with E-state index in [4.69, 9.17) is 10.8 Å². The summed E-state index contributed by atoms with van der Waals surface area (Å²) in [6.45, 7) is 0. The highest BCUT2D eigenvalue weighted by Gasteiger charge is 2.41. The highest BCUT2D eigenvalue weighted by molar-refractivity contribution is 9.10. The zero-order valence-electron chi connectivity index (χ0n) is 7.87. The average molecular weight is 293 g/mol. The van der Waals surface area contributed by atoms with Gasteiger partial charge >= 0.3 is 5.97 Å². The summed E-state index contributed by atoms with van der Waals surface area (Å²) in [6, 6.07) is 5.56. The van der Waals surface area contributed by atoms with E-state index in [1.54, 1.807) is 6.07 Å². The second kappa shape index (κ2) is 4.12. The molecule has 1 atom stereocenters. The van der Waals surface area contributed by atoms with Crippen LogP contribution >= 0.6 is 28.3 Å². The number of halogens is 2. The quantitative estimate of drug-likeness (QED) is 0.833. The van der Waals surface area contributed by atoms with E-state index in [2.05, 4.69) is 15.9 Å². The summed E-state index contributed by atoms with van der Waals surface area (Å²) in [4.78, 5) is 11.0. The highest BCUT2D eigenvalue weighted by Crippen LogP contribution is 2.36. The van der Waals surface area contributed by atoms with E-state index in [-0.39, 0.29) is 12.4 Å². The first-order valence-electron chi connectivity index (χ1n) is 4.35. The molecule has 0 heterocycles. The van der Waals surface area contributed by atoms with Gasteiger partial charge in [-0.2, -0.15) is 0 Å². The van der Waals surface area contributed by atoms with Gasteiger partial charge in [0.05, 0.1) is 0 Å². The molecule has 0 spiro atoms. The van der Waals surface area contributed by atoms with Crippen molar-refractivity contribution >= 4 is 34.3 Å². The Hall–Kier alpha value is -0.580. The van der Waals surface area contributed by atoms with Crippen LogP contribution in [0.4, 0.5) is 0 Å². The van der Waals surface area contributed by atoms with Crippen LogP contribution in [-0.2, 0) is 16.8 Å². The second-order valence-electron chi connectivity index (χ2n) is 3.58. The highest BCUT2D eigenvalue weighted by atomic mass is 79.9. The summed E-state index contributed by atoms with van der Waals surface area (Å²) in [5.74, 6) is -0.946. The van der Waals surface area contributed by atoms with E-state index in [9.17, 15) is 4.79 Å². The molecule has 1 aromatic rings. The molecule has 1 aliphatic rings. The fraction of sp³-hybridized carbons (Fsp3) is 0.300. The summed E-state index contributed by atoms with van der Waals surface area (Å²) in [7, 11) is 0. The Morgan fingerprint density at radius 2 is 2.20 bits per heavy atom. The fourth-order valence-electron chi connectivity index (χ4n) is 1.89. The maximum Gasteiger partial charge on any atom is 0.328 e. The Bertz CT molecular complexity index is 410. The summed E-state index contributed by atoms with van der Waals surface area (Å²) in [6.07, 6.45) is 1.21. The van der Waals surface area contributed by atoms with Gasteiger partial charge < -0.3 is 10.8 Å².